The third kappa shape index (κ3) is 3.57. The van der Waals surface area contributed by atoms with Crippen LogP contribution in [0.2, 0.25) is 0 Å². The van der Waals surface area contributed by atoms with Gasteiger partial charge in [0.25, 0.3) is 0 Å². The van der Waals surface area contributed by atoms with E-state index in [1.807, 2.05) is 6.07 Å². The number of aryl methyl sites for hydroxylation is 2. The summed E-state index contributed by atoms with van der Waals surface area (Å²) in [4.78, 5) is 2.51. The molecule has 0 saturated heterocycles. The molecule has 2 N–H and O–H groups in total. The van der Waals surface area contributed by atoms with Crippen molar-refractivity contribution in [2.45, 2.75) is 32.1 Å². The third-order valence-electron chi connectivity index (χ3n) is 4.31. The maximum atomic E-state index is 5.95. The zero-order valence-electron chi connectivity index (χ0n) is 12.6. The summed E-state index contributed by atoms with van der Waals surface area (Å²) in [6.07, 6.45) is 6.12. The molecule has 2 nitrogen and oxygen atoms in total. The Morgan fingerprint density at radius 1 is 1.00 bits per heavy atom. The fourth-order valence-corrected chi connectivity index (χ4v) is 3.18. The van der Waals surface area contributed by atoms with E-state index in [0.717, 1.165) is 12.2 Å². The SMILES string of the molecule is Nc1ccc2c(c1)N(CCCCc1ccccc1)CCC2. The summed E-state index contributed by atoms with van der Waals surface area (Å²) < 4.78 is 0. The summed E-state index contributed by atoms with van der Waals surface area (Å²) in [6.45, 7) is 2.31. The van der Waals surface area contributed by atoms with E-state index in [4.69, 9.17) is 5.73 Å². The summed E-state index contributed by atoms with van der Waals surface area (Å²) in [5.41, 5.74) is 11.1. The van der Waals surface area contributed by atoms with E-state index >= 15 is 0 Å². The van der Waals surface area contributed by atoms with Gasteiger partial charge in [0.15, 0.2) is 0 Å². The van der Waals surface area contributed by atoms with Gasteiger partial charge >= 0.3 is 0 Å². The average molecular weight is 280 g/mol. The Labute approximate surface area is 127 Å². The van der Waals surface area contributed by atoms with Crippen molar-refractivity contribution in [1.29, 1.82) is 0 Å². The predicted molar refractivity (Wildman–Crippen MR) is 90.8 cm³/mol. The molecular weight excluding hydrogens is 256 g/mol. The number of nitrogens with two attached hydrogens (primary N) is 1. The average Bonchev–Trinajstić information content (AvgIpc) is 2.53. The Morgan fingerprint density at radius 3 is 2.71 bits per heavy atom. The maximum Gasteiger partial charge on any atom is 0.0419 e. The highest BCUT2D eigenvalue weighted by Crippen LogP contribution is 2.29. The number of nitrogens with zero attached hydrogens (tertiary/aromatic N) is 1. The minimum atomic E-state index is 0.880. The van der Waals surface area contributed by atoms with E-state index in [9.17, 15) is 0 Å². The van der Waals surface area contributed by atoms with Gasteiger partial charge in [-0.2, -0.15) is 0 Å². The van der Waals surface area contributed by atoms with Crippen molar-refractivity contribution in [2.24, 2.45) is 0 Å². The summed E-state index contributed by atoms with van der Waals surface area (Å²) in [7, 11) is 0. The smallest absolute Gasteiger partial charge is 0.0419 e. The molecule has 0 saturated carbocycles. The molecule has 3 rings (SSSR count). The zero-order chi connectivity index (χ0) is 14.5. The van der Waals surface area contributed by atoms with Crippen LogP contribution in [0.5, 0.6) is 0 Å². The summed E-state index contributed by atoms with van der Waals surface area (Å²) in [5, 5.41) is 0. The van der Waals surface area contributed by atoms with E-state index < -0.39 is 0 Å². The van der Waals surface area contributed by atoms with Gasteiger partial charge in [0.2, 0.25) is 0 Å². The Balaban J connectivity index is 1.54. The van der Waals surface area contributed by atoms with E-state index in [2.05, 4.69) is 47.4 Å². The second kappa shape index (κ2) is 6.66. The topological polar surface area (TPSA) is 29.3 Å². The molecule has 0 bridgehead atoms. The van der Waals surface area contributed by atoms with Gasteiger partial charge in [-0.25, -0.2) is 0 Å². The lowest BCUT2D eigenvalue weighted by Crippen LogP contribution is -2.30. The molecule has 0 unspecified atom stereocenters. The number of benzene rings is 2. The fourth-order valence-electron chi connectivity index (χ4n) is 3.18. The van der Waals surface area contributed by atoms with Crippen molar-refractivity contribution in [1.82, 2.24) is 0 Å². The number of hydrogen-bond donors (Lipinski definition) is 1. The van der Waals surface area contributed by atoms with Crippen LogP contribution in [0.25, 0.3) is 0 Å². The lowest BCUT2D eigenvalue weighted by molar-refractivity contribution is 0.643. The highest BCUT2D eigenvalue weighted by Gasteiger charge is 2.16. The van der Waals surface area contributed by atoms with Crippen molar-refractivity contribution in [3.8, 4) is 0 Å². The first-order valence-corrected chi connectivity index (χ1v) is 8.00. The maximum absolute atomic E-state index is 5.95. The molecule has 0 fully saturated rings. The lowest BCUT2D eigenvalue weighted by atomic mass is 10.0. The van der Waals surface area contributed by atoms with Crippen LogP contribution in [0.3, 0.4) is 0 Å². The Kier molecular flexibility index (Phi) is 4.44. The van der Waals surface area contributed by atoms with Gasteiger partial charge in [0.05, 0.1) is 0 Å². The molecule has 1 aliphatic rings. The van der Waals surface area contributed by atoms with Gasteiger partial charge in [0.1, 0.15) is 0 Å². The summed E-state index contributed by atoms with van der Waals surface area (Å²) in [6, 6.07) is 17.1. The second-order valence-electron chi connectivity index (χ2n) is 5.92. The Bertz CT molecular complexity index is 577. The normalized spacial score (nSPS) is 14.0. The van der Waals surface area contributed by atoms with Gasteiger partial charge in [-0.15, -0.1) is 0 Å². The van der Waals surface area contributed by atoms with E-state index in [1.54, 1.807) is 0 Å². The van der Waals surface area contributed by atoms with Crippen LogP contribution in [0, 0.1) is 0 Å². The molecule has 0 amide bonds. The van der Waals surface area contributed by atoms with Gasteiger partial charge in [0, 0.05) is 24.5 Å². The molecule has 2 aromatic rings. The van der Waals surface area contributed by atoms with E-state index in [0.29, 0.717) is 0 Å². The third-order valence-corrected chi connectivity index (χ3v) is 4.31. The van der Waals surface area contributed by atoms with Crippen molar-refractivity contribution >= 4 is 11.4 Å². The molecule has 1 aliphatic heterocycles. The zero-order valence-corrected chi connectivity index (χ0v) is 12.6. The number of rotatable bonds is 5. The van der Waals surface area contributed by atoms with Crippen molar-refractivity contribution < 1.29 is 0 Å². The number of nitrogen functional groups attached to an aromatic ring is 1. The molecule has 2 aromatic carbocycles. The van der Waals surface area contributed by atoms with Gasteiger partial charge in [-0.3, -0.25) is 0 Å². The molecule has 0 atom stereocenters. The monoisotopic (exact) mass is 280 g/mol. The number of unbranched alkanes of at least 4 members (excludes halogenated alkanes) is 1. The molecule has 0 spiro atoms. The molecule has 2 heteroatoms. The highest BCUT2D eigenvalue weighted by atomic mass is 15.1. The minimum Gasteiger partial charge on any atom is -0.399 e. The van der Waals surface area contributed by atoms with Crippen molar-refractivity contribution in [2.75, 3.05) is 23.7 Å². The van der Waals surface area contributed by atoms with Gasteiger partial charge in [-0.05, 0) is 55.4 Å². The Morgan fingerprint density at radius 2 is 1.86 bits per heavy atom. The van der Waals surface area contributed by atoms with Crippen LogP contribution in [0.4, 0.5) is 11.4 Å². The second-order valence-corrected chi connectivity index (χ2v) is 5.92. The van der Waals surface area contributed by atoms with Gasteiger partial charge in [-0.1, -0.05) is 36.4 Å². The van der Waals surface area contributed by atoms with Gasteiger partial charge < -0.3 is 10.6 Å². The first kappa shape index (κ1) is 14.0. The minimum absolute atomic E-state index is 0.880. The summed E-state index contributed by atoms with van der Waals surface area (Å²) in [5.74, 6) is 0. The number of anilines is 2. The van der Waals surface area contributed by atoms with Crippen LogP contribution in [0.1, 0.15) is 30.4 Å². The number of hydrogen-bond acceptors (Lipinski definition) is 2. The van der Waals surface area contributed by atoms with Crippen LogP contribution < -0.4 is 10.6 Å². The van der Waals surface area contributed by atoms with Crippen LogP contribution >= 0.6 is 0 Å². The molecule has 1 heterocycles. The number of fused-ring (bicyclic) bond motifs is 1. The van der Waals surface area contributed by atoms with Crippen LogP contribution in [-0.4, -0.2) is 13.1 Å². The van der Waals surface area contributed by atoms with E-state index in [-0.39, 0.29) is 0 Å². The standard InChI is InChI=1S/C19H24N2/c20-18-12-11-17-10-6-14-21(19(17)15-18)13-5-4-9-16-7-2-1-3-8-16/h1-3,7-8,11-12,15H,4-6,9-10,13-14,20H2. The quantitative estimate of drug-likeness (QED) is 0.661. The molecule has 0 aromatic heterocycles. The molecule has 0 radical (unpaired) electrons. The van der Waals surface area contributed by atoms with E-state index in [1.165, 1.54) is 55.5 Å². The first-order chi connectivity index (χ1) is 10.3. The largest absolute Gasteiger partial charge is 0.399 e. The highest BCUT2D eigenvalue weighted by molar-refractivity contribution is 5.62. The molecule has 21 heavy (non-hydrogen) atoms. The summed E-state index contributed by atoms with van der Waals surface area (Å²) >= 11 is 0. The Hall–Kier alpha value is -1.96. The fraction of sp³-hybridized carbons (Fsp3) is 0.368. The van der Waals surface area contributed by atoms with Crippen molar-refractivity contribution in [3.63, 3.8) is 0 Å². The predicted octanol–water partition coefficient (Wildman–Crippen LogP) is 4.04. The molecule has 0 aliphatic carbocycles. The first-order valence-electron chi connectivity index (χ1n) is 8.00. The molecule has 110 valence electrons. The van der Waals surface area contributed by atoms with Crippen LogP contribution in [-0.2, 0) is 12.8 Å². The van der Waals surface area contributed by atoms with Crippen molar-refractivity contribution in [3.05, 3.63) is 59.7 Å². The van der Waals surface area contributed by atoms with Crippen LogP contribution in [0.15, 0.2) is 48.5 Å². The molecular formula is C19H24N2. The lowest BCUT2D eigenvalue weighted by Gasteiger charge is -2.31.